The van der Waals surface area contributed by atoms with Gasteiger partial charge in [-0.15, -0.1) is 11.3 Å². The molecule has 7 nitrogen and oxygen atoms in total. The van der Waals surface area contributed by atoms with Crippen LogP contribution in [0.25, 0.3) is 21.1 Å². The molecule has 1 aromatic carbocycles. The molecule has 0 aliphatic carbocycles. The van der Waals surface area contributed by atoms with Gasteiger partial charge in [-0.3, -0.25) is 14.6 Å². The summed E-state index contributed by atoms with van der Waals surface area (Å²) in [5.41, 5.74) is 0.281. The van der Waals surface area contributed by atoms with Gasteiger partial charge in [0, 0.05) is 12.3 Å². The number of carbonyl (C=O) groups excluding carboxylic acids is 1. The third-order valence-corrected chi connectivity index (χ3v) is 5.22. The second-order valence-corrected chi connectivity index (χ2v) is 8.91. The molecule has 4 rings (SSSR count). The number of ether oxygens (including phenoxy) is 1. The van der Waals surface area contributed by atoms with Gasteiger partial charge in [0.2, 0.25) is 0 Å². The second-order valence-electron chi connectivity index (χ2n) is 7.79. The van der Waals surface area contributed by atoms with Crippen molar-refractivity contribution in [2.24, 2.45) is 0 Å². The smallest absolute Gasteiger partial charge is 0.312 e. The maximum absolute atomic E-state index is 13.4. The Bertz CT molecular complexity index is 1320. The van der Waals surface area contributed by atoms with E-state index in [0.717, 1.165) is 4.70 Å². The van der Waals surface area contributed by atoms with Crippen molar-refractivity contribution < 1.29 is 13.9 Å². The molecule has 154 valence electrons. The van der Waals surface area contributed by atoms with Crippen molar-refractivity contribution in [3.05, 3.63) is 63.4 Å². The lowest BCUT2D eigenvalue weighted by molar-refractivity contribution is -0.153. The third kappa shape index (κ3) is 4.20. The fourth-order valence-corrected chi connectivity index (χ4v) is 4.00. The number of pyridine rings is 1. The Labute approximate surface area is 175 Å². The van der Waals surface area contributed by atoms with Gasteiger partial charge in [-0.1, -0.05) is 0 Å². The predicted octanol–water partition coefficient (Wildman–Crippen LogP) is 3.47. The number of esters is 1. The SMILES string of the molecule is CC(C)(C)OC(=O)Cc1nn(Cc2nc3cc(F)ccc3s2)c(=O)c2cccnc12. The summed E-state index contributed by atoms with van der Waals surface area (Å²) in [5.74, 6) is -0.825. The molecule has 0 aliphatic rings. The maximum atomic E-state index is 13.4. The van der Waals surface area contributed by atoms with Gasteiger partial charge in [0.05, 0.1) is 39.8 Å². The van der Waals surface area contributed by atoms with Gasteiger partial charge < -0.3 is 4.74 Å². The van der Waals surface area contributed by atoms with Gasteiger partial charge in [-0.05, 0) is 45.0 Å². The number of aromatic nitrogens is 4. The van der Waals surface area contributed by atoms with Crippen LogP contribution in [0, 0.1) is 5.82 Å². The lowest BCUT2D eigenvalue weighted by Crippen LogP contribution is -2.28. The number of hydrogen-bond donors (Lipinski definition) is 0. The predicted molar refractivity (Wildman–Crippen MR) is 112 cm³/mol. The standard InChI is InChI=1S/C21H19FN4O3S/c1-21(2,3)29-18(27)10-15-19-13(5-4-8-23-19)20(28)26(25-15)11-17-24-14-9-12(22)6-7-16(14)30-17/h4-9H,10-11H2,1-3H3. The van der Waals surface area contributed by atoms with E-state index in [2.05, 4.69) is 15.1 Å². The van der Waals surface area contributed by atoms with Gasteiger partial charge in [-0.25, -0.2) is 14.1 Å². The number of carbonyl (C=O) groups is 1. The van der Waals surface area contributed by atoms with E-state index in [4.69, 9.17) is 4.74 Å². The van der Waals surface area contributed by atoms with Gasteiger partial charge in [-0.2, -0.15) is 5.10 Å². The lowest BCUT2D eigenvalue weighted by atomic mass is 10.1. The van der Waals surface area contributed by atoms with E-state index in [1.807, 2.05) is 0 Å². The fourth-order valence-electron chi connectivity index (χ4n) is 3.07. The molecular weight excluding hydrogens is 407 g/mol. The summed E-state index contributed by atoms with van der Waals surface area (Å²) in [5, 5.41) is 5.35. The van der Waals surface area contributed by atoms with Crippen molar-refractivity contribution in [2.45, 2.75) is 39.3 Å². The van der Waals surface area contributed by atoms with Crippen LogP contribution in [0.1, 0.15) is 31.5 Å². The number of thiazole rings is 1. The molecule has 0 amide bonds. The summed E-state index contributed by atoms with van der Waals surface area (Å²) in [6, 6.07) is 7.68. The molecule has 30 heavy (non-hydrogen) atoms. The van der Waals surface area contributed by atoms with Crippen molar-refractivity contribution in [2.75, 3.05) is 0 Å². The highest BCUT2D eigenvalue weighted by molar-refractivity contribution is 7.18. The minimum atomic E-state index is -0.634. The molecule has 0 saturated heterocycles. The van der Waals surface area contributed by atoms with E-state index in [0.29, 0.717) is 27.1 Å². The molecule has 0 aliphatic heterocycles. The summed E-state index contributed by atoms with van der Waals surface area (Å²) >= 11 is 1.36. The van der Waals surface area contributed by atoms with Crippen LogP contribution < -0.4 is 5.56 Å². The molecular formula is C21H19FN4O3S. The van der Waals surface area contributed by atoms with Crippen molar-refractivity contribution >= 4 is 38.4 Å². The summed E-state index contributed by atoms with van der Waals surface area (Å²) in [6.07, 6.45) is 1.44. The first-order valence-electron chi connectivity index (χ1n) is 9.31. The van der Waals surface area contributed by atoms with E-state index in [1.165, 1.54) is 28.2 Å². The zero-order chi connectivity index (χ0) is 21.5. The van der Waals surface area contributed by atoms with Gasteiger partial charge in [0.15, 0.2) is 0 Å². The van der Waals surface area contributed by atoms with E-state index < -0.39 is 11.6 Å². The molecule has 0 N–H and O–H groups in total. The van der Waals surface area contributed by atoms with Crippen LogP contribution in [0.2, 0.25) is 0 Å². The van der Waals surface area contributed by atoms with Crippen molar-refractivity contribution in [3.8, 4) is 0 Å². The van der Waals surface area contributed by atoms with Crippen molar-refractivity contribution in [1.29, 1.82) is 0 Å². The zero-order valence-corrected chi connectivity index (χ0v) is 17.5. The molecule has 0 bridgehead atoms. The van der Waals surface area contributed by atoms with Crippen LogP contribution in [-0.2, 0) is 22.5 Å². The molecule has 0 spiro atoms. The number of nitrogens with zero attached hydrogens (tertiary/aromatic N) is 4. The number of hydrogen-bond acceptors (Lipinski definition) is 7. The van der Waals surface area contributed by atoms with Crippen LogP contribution in [0.15, 0.2) is 41.3 Å². The monoisotopic (exact) mass is 426 g/mol. The maximum Gasteiger partial charge on any atom is 0.312 e. The molecule has 0 saturated carbocycles. The Balaban J connectivity index is 1.74. The number of rotatable bonds is 4. The Morgan fingerprint density at radius 1 is 1.27 bits per heavy atom. The summed E-state index contributed by atoms with van der Waals surface area (Å²) in [7, 11) is 0. The first-order valence-corrected chi connectivity index (χ1v) is 10.1. The van der Waals surface area contributed by atoms with Crippen LogP contribution in [0.5, 0.6) is 0 Å². The minimum absolute atomic E-state index is 0.103. The summed E-state index contributed by atoms with van der Waals surface area (Å²) < 4.78 is 20.9. The average molecular weight is 426 g/mol. The normalized spacial score (nSPS) is 11.9. The minimum Gasteiger partial charge on any atom is -0.460 e. The highest BCUT2D eigenvalue weighted by Crippen LogP contribution is 2.23. The van der Waals surface area contributed by atoms with E-state index in [9.17, 15) is 14.0 Å². The molecule has 0 fully saturated rings. The number of benzene rings is 1. The van der Waals surface area contributed by atoms with Gasteiger partial charge >= 0.3 is 5.97 Å². The quantitative estimate of drug-likeness (QED) is 0.465. The fraction of sp³-hybridized carbons (Fsp3) is 0.286. The summed E-state index contributed by atoms with van der Waals surface area (Å²) in [4.78, 5) is 33.9. The Morgan fingerprint density at radius 3 is 2.83 bits per heavy atom. The van der Waals surface area contributed by atoms with Crippen LogP contribution in [-0.4, -0.2) is 31.3 Å². The van der Waals surface area contributed by atoms with Crippen molar-refractivity contribution in [3.63, 3.8) is 0 Å². The van der Waals surface area contributed by atoms with Crippen LogP contribution in [0.4, 0.5) is 4.39 Å². The highest BCUT2D eigenvalue weighted by atomic mass is 32.1. The highest BCUT2D eigenvalue weighted by Gasteiger charge is 2.20. The molecule has 0 atom stereocenters. The van der Waals surface area contributed by atoms with Gasteiger partial charge in [0.25, 0.3) is 5.56 Å². The van der Waals surface area contributed by atoms with Crippen molar-refractivity contribution in [1.82, 2.24) is 19.7 Å². The van der Waals surface area contributed by atoms with Crippen LogP contribution in [0.3, 0.4) is 0 Å². The van der Waals surface area contributed by atoms with Crippen LogP contribution >= 0.6 is 11.3 Å². The lowest BCUT2D eigenvalue weighted by Gasteiger charge is -2.19. The molecule has 3 aromatic heterocycles. The Morgan fingerprint density at radius 2 is 2.07 bits per heavy atom. The largest absolute Gasteiger partial charge is 0.460 e. The Hall–Kier alpha value is -3.20. The van der Waals surface area contributed by atoms with E-state index in [-0.39, 0.29) is 24.3 Å². The number of halogens is 1. The summed E-state index contributed by atoms with van der Waals surface area (Å²) in [6.45, 7) is 5.45. The zero-order valence-electron chi connectivity index (χ0n) is 16.7. The second kappa shape index (κ2) is 7.56. The number of fused-ring (bicyclic) bond motifs is 2. The van der Waals surface area contributed by atoms with Gasteiger partial charge in [0.1, 0.15) is 16.4 Å². The Kier molecular flexibility index (Phi) is 5.07. The van der Waals surface area contributed by atoms with E-state index in [1.54, 1.807) is 45.2 Å². The first kappa shape index (κ1) is 20.1. The topological polar surface area (TPSA) is 87.0 Å². The molecule has 0 unspecified atom stereocenters. The molecule has 9 heteroatoms. The molecule has 3 heterocycles. The first-order chi connectivity index (χ1) is 14.2. The molecule has 4 aromatic rings. The average Bonchev–Trinajstić information content (AvgIpc) is 3.05. The van der Waals surface area contributed by atoms with E-state index >= 15 is 0 Å². The molecule has 0 radical (unpaired) electrons. The third-order valence-electron chi connectivity index (χ3n) is 4.20.